The summed E-state index contributed by atoms with van der Waals surface area (Å²) in [6, 6.07) is 25.8. The number of phenols is 4. The van der Waals surface area contributed by atoms with Crippen LogP contribution in [0, 0.1) is 0 Å². The minimum absolute atomic E-state index is 0.0363. The highest BCUT2D eigenvalue weighted by atomic mass is 16.6. The third-order valence-corrected chi connectivity index (χ3v) is 6.87. The Labute approximate surface area is 244 Å². The Morgan fingerprint density at radius 3 is 1.77 bits per heavy atom. The zero-order valence-corrected chi connectivity index (χ0v) is 22.5. The first-order valence-electron chi connectivity index (χ1n) is 13.2. The van der Waals surface area contributed by atoms with Crippen LogP contribution in [0.3, 0.4) is 0 Å². The molecule has 1 aromatic heterocycles. The van der Waals surface area contributed by atoms with Crippen molar-refractivity contribution in [2.75, 3.05) is 0 Å². The highest BCUT2D eigenvalue weighted by molar-refractivity contribution is 6.15. The van der Waals surface area contributed by atoms with Crippen LogP contribution in [0.4, 0.5) is 0 Å². The predicted molar refractivity (Wildman–Crippen MR) is 157 cm³/mol. The molecule has 0 spiro atoms. The highest BCUT2D eigenvalue weighted by Gasteiger charge is 2.31. The van der Waals surface area contributed by atoms with Crippen molar-refractivity contribution in [3.05, 3.63) is 108 Å². The molecule has 0 unspecified atom stereocenters. The minimum atomic E-state index is -0.710. The fourth-order valence-corrected chi connectivity index (χ4v) is 4.88. The molecule has 5 aromatic carbocycles. The van der Waals surface area contributed by atoms with Gasteiger partial charge in [0.25, 0.3) is 0 Å². The quantitative estimate of drug-likeness (QED) is 0.0967. The molecule has 0 radical (unpaired) electrons. The minimum Gasteiger partial charge on any atom is -0.508 e. The van der Waals surface area contributed by atoms with Gasteiger partial charge in [0.05, 0.1) is 23.8 Å². The molecule has 0 atom stereocenters. The number of esters is 2. The Balaban J connectivity index is 1.60. The van der Waals surface area contributed by atoms with E-state index in [-0.39, 0.29) is 57.6 Å². The molecular weight excluding hydrogens is 552 g/mol. The van der Waals surface area contributed by atoms with Crippen LogP contribution in [0.25, 0.3) is 33.1 Å². The zero-order chi connectivity index (χ0) is 30.1. The van der Waals surface area contributed by atoms with Crippen molar-refractivity contribution in [1.29, 1.82) is 0 Å². The van der Waals surface area contributed by atoms with E-state index in [0.29, 0.717) is 16.7 Å². The Bertz CT molecular complexity index is 1980. The fourth-order valence-electron chi connectivity index (χ4n) is 4.88. The summed E-state index contributed by atoms with van der Waals surface area (Å²) in [5.41, 5.74) is 1.53. The van der Waals surface area contributed by atoms with E-state index in [0.717, 1.165) is 6.07 Å². The van der Waals surface area contributed by atoms with Crippen molar-refractivity contribution >= 4 is 33.9 Å². The van der Waals surface area contributed by atoms with Gasteiger partial charge in [-0.2, -0.15) is 0 Å². The molecule has 0 aliphatic heterocycles. The van der Waals surface area contributed by atoms with E-state index in [1.54, 1.807) is 48.5 Å². The summed E-state index contributed by atoms with van der Waals surface area (Å²) >= 11 is 0. The molecule has 6 rings (SSSR count). The van der Waals surface area contributed by atoms with Gasteiger partial charge in [-0.3, -0.25) is 9.59 Å². The van der Waals surface area contributed by atoms with Gasteiger partial charge in [0, 0.05) is 11.5 Å². The van der Waals surface area contributed by atoms with Crippen LogP contribution < -0.4 is 9.47 Å². The second kappa shape index (κ2) is 11.1. The number of benzene rings is 5. The summed E-state index contributed by atoms with van der Waals surface area (Å²) in [4.78, 5) is 26.6. The second-order valence-electron chi connectivity index (χ2n) is 9.84. The number of furan rings is 1. The summed E-state index contributed by atoms with van der Waals surface area (Å²) in [5, 5.41) is 42.1. The lowest BCUT2D eigenvalue weighted by Crippen LogP contribution is -2.16. The molecule has 9 nitrogen and oxygen atoms in total. The molecule has 0 saturated heterocycles. The van der Waals surface area contributed by atoms with Crippen molar-refractivity contribution in [3.63, 3.8) is 0 Å². The largest absolute Gasteiger partial charge is 0.508 e. The number of hydrogen-bond donors (Lipinski definition) is 4. The molecule has 0 bridgehead atoms. The number of carbonyl (C=O) groups is 2. The average molecular weight is 577 g/mol. The second-order valence-corrected chi connectivity index (χ2v) is 9.84. The van der Waals surface area contributed by atoms with Gasteiger partial charge in [0.2, 0.25) is 0 Å². The lowest BCUT2D eigenvalue weighted by atomic mass is 9.99. The van der Waals surface area contributed by atoms with E-state index >= 15 is 0 Å². The molecule has 6 aromatic rings. The highest BCUT2D eigenvalue weighted by Crippen LogP contribution is 2.54. The first kappa shape index (κ1) is 27.2. The SMILES string of the molecule is O=C(Cc1ccccc1)Oc1c(-c2ccc(O)cc2)c(O)c2oc3cc(O)c(O)cc3c2c1OC(=O)Cc1ccccc1. The van der Waals surface area contributed by atoms with E-state index in [4.69, 9.17) is 13.9 Å². The Hall–Kier alpha value is -5.96. The van der Waals surface area contributed by atoms with Gasteiger partial charge in [0.15, 0.2) is 34.3 Å². The topological polar surface area (TPSA) is 147 Å². The van der Waals surface area contributed by atoms with Gasteiger partial charge in [0.1, 0.15) is 11.3 Å². The number of phenolic OH excluding ortho intramolecular Hbond substituents is 4. The molecule has 9 heteroatoms. The van der Waals surface area contributed by atoms with Gasteiger partial charge < -0.3 is 34.3 Å². The number of carbonyl (C=O) groups excluding carboxylic acids is 2. The molecule has 0 amide bonds. The molecule has 43 heavy (non-hydrogen) atoms. The average Bonchev–Trinajstić information content (AvgIpc) is 3.35. The van der Waals surface area contributed by atoms with Crippen LogP contribution in [0.5, 0.6) is 34.5 Å². The summed E-state index contributed by atoms with van der Waals surface area (Å²) in [5.74, 6) is -3.37. The van der Waals surface area contributed by atoms with Crippen LogP contribution in [0.15, 0.2) is 101 Å². The smallest absolute Gasteiger partial charge is 0.315 e. The van der Waals surface area contributed by atoms with Gasteiger partial charge >= 0.3 is 11.9 Å². The summed E-state index contributed by atoms with van der Waals surface area (Å²) < 4.78 is 17.7. The van der Waals surface area contributed by atoms with Crippen LogP contribution in [0.2, 0.25) is 0 Å². The molecular formula is C34H24O9. The maximum absolute atomic E-state index is 13.3. The first-order chi connectivity index (χ1) is 20.8. The molecule has 0 aliphatic carbocycles. The lowest BCUT2D eigenvalue weighted by molar-refractivity contribution is -0.136. The van der Waals surface area contributed by atoms with E-state index in [1.165, 1.54) is 30.3 Å². The van der Waals surface area contributed by atoms with Gasteiger partial charge in [-0.05, 0) is 34.9 Å². The van der Waals surface area contributed by atoms with Crippen molar-refractivity contribution in [3.8, 4) is 45.6 Å². The standard InChI is InChI=1S/C34H24O9/c35-22-13-11-21(12-14-22)29-31(40)32-30(23-17-24(36)25(37)18-26(23)41-32)34(43-28(39)16-20-9-5-2-6-10-20)33(29)42-27(38)15-19-7-3-1-4-8-19/h1-14,17-18,35-37,40H,15-16H2. The number of hydrogen-bond acceptors (Lipinski definition) is 9. The first-order valence-corrected chi connectivity index (χ1v) is 13.2. The number of ether oxygens (including phenoxy) is 2. The van der Waals surface area contributed by atoms with E-state index in [2.05, 4.69) is 0 Å². The Morgan fingerprint density at radius 2 is 1.19 bits per heavy atom. The van der Waals surface area contributed by atoms with Crippen LogP contribution in [-0.4, -0.2) is 32.4 Å². The fraction of sp³-hybridized carbons (Fsp3) is 0.0588. The number of aromatic hydroxyl groups is 4. The van der Waals surface area contributed by atoms with Gasteiger partial charge in [-0.1, -0.05) is 72.8 Å². The number of fused-ring (bicyclic) bond motifs is 3. The van der Waals surface area contributed by atoms with Crippen molar-refractivity contribution < 1.29 is 43.9 Å². The van der Waals surface area contributed by atoms with Crippen LogP contribution >= 0.6 is 0 Å². The molecule has 0 aliphatic rings. The maximum Gasteiger partial charge on any atom is 0.315 e. The van der Waals surface area contributed by atoms with Crippen molar-refractivity contribution in [2.24, 2.45) is 0 Å². The van der Waals surface area contributed by atoms with E-state index < -0.39 is 29.2 Å². The van der Waals surface area contributed by atoms with Crippen molar-refractivity contribution in [1.82, 2.24) is 0 Å². The normalized spacial score (nSPS) is 11.1. The van der Waals surface area contributed by atoms with Gasteiger partial charge in [-0.25, -0.2) is 0 Å². The number of rotatable bonds is 7. The molecule has 214 valence electrons. The van der Waals surface area contributed by atoms with Crippen molar-refractivity contribution in [2.45, 2.75) is 12.8 Å². The van der Waals surface area contributed by atoms with Crippen LogP contribution in [0.1, 0.15) is 11.1 Å². The molecule has 1 heterocycles. The van der Waals surface area contributed by atoms with E-state index in [1.807, 2.05) is 12.1 Å². The third-order valence-electron chi connectivity index (χ3n) is 6.87. The Morgan fingerprint density at radius 1 is 0.651 bits per heavy atom. The zero-order valence-electron chi connectivity index (χ0n) is 22.5. The summed E-state index contributed by atoms with van der Waals surface area (Å²) in [6.45, 7) is 0. The predicted octanol–water partition coefficient (Wildman–Crippen LogP) is 6.37. The third kappa shape index (κ3) is 5.39. The molecule has 4 N–H and O–H groups in total. The maximum atomic E-state index is 13.3. The molecule has 0 saturated carbocycles. The Kier molecular flexibility index (Phi) is 7.05. The van der Waals surface area contributed by atoms with Crippen LogP contribution in [-0.2, 0) is 22.4 Å². The summed E-state index contributed by atoms with van der Waals surface area (Å²) in [7, 11) is 0. The van der Waals surface area contributed by atoms with Gasteiger partial charge in [-0.15, -0.1) is 0 Å². The lowest BCUT2D eigenvalue weighted by Gasteiger charge is -2.18. The molecule has 0 fully saturated rings. The summed E-state index contributed by atoms with van der Waals surface area (Å²) in [6.07, 6.45) is -0.260. The monoisotopic (exact) mass is 576 g/mol. The van der Waals surface area contributed by atoms with E-state index in [9.17, 15) is 30.0 Å².